The minimum Gasteiger partial charge on any atom is -0.462 e. The van der Waals surface area contributed by atoms with E-state index >= 15 is 0 Å². The average Bonchev–Trinajstić information content (AvgIpc) is 2.81. The fourth-order valence-electron chi connectivity index (χ4n) is 2.93. The number of benzene rings is 3. The minimum absolute atomic E-state index is 0.0938. The lowest BCUT2D eigenvalue weighted by molar-refractivity contribution is 0.0472. The number of para-hydroxylation sites is 1. The number of rotatable bonds is 10. The maximum absolute atomic E-state index is 12.5. The Hall–Kier alpha value is -3.60. The predicted molar refractivity (Wildman–Crippen MR) is 118 cm³/mol. The number of ether oxygens (including phenoxy) is 3. The molecule has 0 aromatic heterocycles. The Labute approximate surface area is 182 Å². The van der Waals surface area contributed by atoms with Crippen LogP contribution in [0.15, 0.2) is 78.9 Å². The number of hydrogen-bond acceptors (Lipinski definition) is 5. The van der Waals surface area contributed by atoms with Crippen LogP contribution in [0.1, 0.15) is 52.5 Å². The van der Waals surface area contributed by atoms with E-state index < -0.39 is 11.9 Å². The molecular weight excluding hydrogens is 392 g/mol. The second-order valence-corrected chi connectivity index (χ2v) is 7.06. The fourth-order valence-corrected chi connectivity index (χ4v) is 2.93. The third-order valence-electron chi connectivity index (χ3n) is 4.56. The SMILES string of the molecule is CCCCCOC(=O)c1cccc(C(=O)OCc2cccc(Oc3ccccc3)c2)c1. The number of hydrogen-bond donors (Lipinski definition) is 0. The molecule has 0 heterocycles. The molecule has 0 aliphatic rings. The summed E-state index contributed by atoms with van der Waals surface area (Å²) in [4.78, 5) is 24.6. The maximum atomic E-state index is 12.5. The highest BCUT2D eigenvalue weighted by atomic mass is 16.5. The normalized spacial score (nSPS) is 10.4. The van der Waals surface area contributed by atoms with Crippen molar-refractivity contribution < 1.29 is 23.8 Å². The quantitative estimate of drug-likeness (QED) is 0.290. The first-order valence-electron chi connectivity index (χ1n) is 10.4. The third-order valence-corrected chi connectivity index (χ3v) is 4.56. The Morgan fingerprint density at radius 2 is 1.39 bits per heavy atom. The first kappa shape index (κ1) is 22.1. The van der Waals surface area contributed by atoms with Crippen LogP contribution >= 0.6 is 0 Å². The van der Waals surface area contributed by atoms with Gasteiger partial charge in [-0.15, -0.1) is 0 Å². The van der Waals surface area contributed by atoms with Gasteiger partial charge in [0.25, 0.3) is 0 Å². The van der Waals surface area contributed by atoms with Crippen molar-refractivity contribution in [3.8, 4) is 11.5 Å². The molecule has 0 saturated carbocycles. The van der Waals surface area contributed by atoms with E-state index in [-0.39, 0.29) is 6.61 Å². The predicted octanol–water partition coefficient (Wildman–Crippen LogP) is 6.18. The van der Waals surface area contributed by atoms with Gasteiger partial charge >= 0.3 is 11.9 Å². The Kier molecular flexibility index (Phi) is 8.23. The van der Waals surface area contributed by atoms with E-state index in [0.717, 1.165) is 30.6 Å². The van der Waals surface area contributed by atoms with E-state index in [1.807, 2.05) is 54.6 Å². The summed E-state index contributed by atoms with van der Waals surface area (Å²) < 4.78 is 16.5. The van der Waals surface area contributed by atoms with Gasteiger partial charge in [0, 0.05) is 0 Å². The molecule has 3 rings (SSSR count). The van der Waals surface area contributed by atoms with Crippen LogP contribution in [0, 0.1) is 0 Å². The molecule has 0 aliphatic carbocycles. The summed E-state index contributed by atoms with van der Waals surface area (Å²) in [6, 6.07) is 23.2. The molecule has 0 aliphatic heterocycles. The Balaban J connectivity index is 1.56. The zero-order valence-electron chi connectivity index (χ0n) is 17.6. The number of carbonyl (C=O) groups excluding carboxylic acids is 2. The first-order chi connectivity index (χ1) is 15.2. The molecule has 3 aromatic rings. The number of esters is 2. The molecule has 0 atom stereocenters. The summed E-state index contributed by atoms with van der Waals surface area (Å²) >= 11 is 0. The minimum atomic E-state index is -0.505. The van der Waals surface area contributed by atoms with Gasteiger partial charge in [-0.3, -0.25) is 0 Å². The summed E-state index contributed by atoms with van der Waals surface area (Å²) in [7, 11) is 0. The Morgan fingerprint density at radius 1 is 0.710 bits per heavy atom. The van der Waals surface area contributed by atoms with Crippen LogP contribution in [-0.2, 0) is 16.1 Å². The van der Waals surface area contributed by atoms with Crippen LogP contribution in [0.25, 0.3) is 0 Å². The summed E-state index contributed by atoms with van der Waals surface area (Å²) in [6.45, 7) is 2.56. The fraction of sp³-hybridized carbons (Fsp3) is 0.231. The van der Waals surface area contributed by atoms with Gasteiger partial charge in [0.1, 0.15) is 18.1 Å². The lowest BCUT2D eigenvalue weighted by Crippen LogP contribution is -2.10. The number of unbranched alkanes of at least 4 members (excludes halogenated alkanes) is 2. The van der Waals surface area contributed by atoms with Crippen molar-refractivity contribution in [3.63, 3.8) is 0 Å². The summed E-state index contributed by atoms with van der Waals surface area (Å²) in [5, 5.41) is 0. The van der Waals surface area contributed by atoms with Gasteiger partial charge in [-0.05, 0) is 54.4 Å². The Morgan fingerprint density at radius 3 is 2.13 bits per heavy atom. The summed E-state index contributed by atoms with van der Waals surface area (Å²) in [5.41, 5.74) is 1.44. The molecule has 31 heavy (non-hydrogen) atoms. The topological polar surface area (TPSA) is 61.8 Å². The molecule has 0 bridgehead atoms. The van der Waals surface area contributed by atoms with E-state index in [2.05, 4.69) is 6.92 Å². The molecule has 0 spiro atoms. The van der Waals surface area contributed by atoms with Crippen molar-refractivity contribution in [3.05, 3.63) is 95.6 Å². The van der Waals surface area contributed by atoms with Crippen LogP contribution in [0.2, 0.25) is 0 Å². The molecule has 3 aromatic carbocycles. The zero-order valence-corrected chi connectivity index (χ0v) is 17.6. The van der Waals surface area contributed by atoms with Gasteiger partial charge in [-0.25, -0.2) is 9.59 Å². The molecule has 5 nitrogen and oxygen atoms in total. The van der Waals surface area contributed by atoms with E-state index in [0.29, 0.717) is 23.5 Å². The van der Waals surface area contributed by atoms with Crippen molar-refractivity contribution in [1.82, 2.24) is 0 Å². The Bertz CT molecular complexity index is 997. The highest BCUT2D eigenvalue weighted by molar-refractivity contribution is 5.95. The highest BCUT2D eigenvalue weighted by Gasteiger charge is 2.13. The highest BCUT2D eigenvalue weighted by Crippen LogP contribution is 2.22. The van der Waals surface area contributed by atoms with Crippen LogP contribution in [0.5, 0.6) is 11.5 Å². The lowest BCUT2D eigenvalue weighted by atomic mass is 10.1. The van der Waals surface area contributed by atoms with Gasteiger partial charge in [0.2, 0.25) is 0 Å². The van der Waals surface area contributed by atoms with Gasteiger partial charge in [0.05, 0.1) is 17.7 Å². The smallest absolute Gasteiger partial charge is 0.338 e. The van der Waals surface area contributed by atoms with Gasteiger partial charge in [0.15, 0.2) is 0 Å². The van der Waals surface area contributed by atoms with Crippen LogP contribution in [-0.4, -0.2) is 18.5 Å². The van der Waals surface area contributed by atoms with Crippen molar-refractivity contribution in [1.29, 1.82) is 0 Å². The third kappa shape index (κ3) is 7.00. The largest absolute Gasteiger partial charge is 0.462 e. The van der Waals surface area contributed by atoms with Crippen molar-refractivity contribution in [2.24, 2.45) is 0 Å². The summed E-state index contributed by atoms with van der Waals surface area (Å²) in [5.74, 6) is 0.453. The van der Waals surface area contributed by atoms with E-state index in [4.69, 9.17) is 14.2 Å². The van der Waals surface area contributed by atoms with Crippen LogP contribution < -0.4 is 4.74 Å². The number of carbonyl (C=O) groups is 2. The standard InChI is InChI=1S/C26H26O5/c1-2-3-7-16-29-25(27)21-11-9-12-22(18-21)26(28)30-19-20-10-8-15-24(17-20)31-23-13-5-4-6-14-23/h4-6,8-15,17-18H,2-3,7,16,19H2,1H3. The van der Waals surface area contributed by atoms with Crippen LogP contribution in [0.3, 0.4) is 0 Å². The second-order valence-electron chi connectivity index (χ2n) is 7.06. The molecule has 5 heteroatoms. The van der Waals surface area contributed by atoms with Crippen molar-refractivity contribution in [2.75, 3.05) is 6.61 Å². The molecule has 0 N–H and O–H groups in total. The molecule has 0 unspecified atom stereocenters. The molecule has 0 radical (unpaired) electrons. The molecule has 0 saturated heterocycles. The summed E-state index contributed by atoms with van der Waals surface area (Å²) in [6.07, 6.45) is 2.90. The van der Waals surface area contributed by atoms with Crippen molar-refractivity contribution in [2.45, 2.75) is 32.8 Å². The second kappa shape index (κ2) is 11.6. The van der Waals surface area contributed by atoms with Gasteiger partial charge in [-0.2, -0.15) is 0 Å². The van der Waals surface area contributed by atoms with Crippen molar-refractivity contribution >= 4 is 11.9 Å². The maximum Gasteiger partial charge on any atom is 0.338 e. The lowest BCUT2D eigenvalue weighted by Gasteiger charge is -2.09. The zero-order chi connectivity index (χ0) is 21.9. The molecule has 0 amide bonds. The average molecular weight is 418 g/mol. The van der Waals surface area contributed by atoms with E-state index in [9.17, 15) is 9.59 Å². The molecule has 0 fully saturated rings. The van der Waals surface area contributed by atoms with Crippen LogP contribution in [0.4, 0.5) is 0 Å². The molecular formula is C26H26O5. The monoisotopic (exact) mass is 418 g/mol. The van der Waals surface area contributed by atoms with E-state index in [1.165, 1.54) is 6.07 Å². The van der Waals surface area contributed by atoms with Gasteiger partial charge in [-0.1, -0.05) is 56.2 Å². The van der Waals surface area contributed by atoms with Gasteiger partial charge < -0.3 is 14.2 Å². The van der Waals surface area contributed by atoms with E-state index in [1.54, 1.807) is 18.2 Å². The molecule has 160 valence electrons. The first-order valence-corrected chi connectivity index (χ1v) is 10.4.